The number of phosphoric ester groups is 3. The molecule has 2 aromatic rings. The first-order valence-electron chi connectivity index (χ1n) is 15.6. The van der Waals surface area contributed by atoms with Crippen LogP contribution in [0.25, 0.3) is 11.2 Å². The van der Waals surface area contributed by atoms with Gasteiger partial charge in [-0.2, -0.15) is 16.1 Å². The van der Waals surface area contributed by atoms with Gasteiger partial charge in [0.05, 0.1) is 19.5 Å². The fourth-order valence-corrected chi connectivity index (χ4v) is 8.23. The van der Waals surface area contributed by atoms with Crippen LogP contribution in [-0.2, 0) is 45.9 Å². The van der Waals surface area contributed by atoms with Crippen molar-refractivity contribution in [2.75, 3.05) is 43.5 Å². The molecule has 2 amide bonds. The van der Waals surface area contributed by atoms with Crippen LogP contribution in [0.3, 0.4) is 0 Å². The first-order chi connectivity index (χ1) is 24.6. The van der Waals surface area contributed by atoms with Gasteiger partial charge in [0, 0.05) is 36.4 Å². The Morgan fingerprint density at radius 1 is 1.11 bits per heavy atom. The van der Waals surface area contributed by atoms with Crippen molar-refractivity contribution in [3.63, 3.8) is 0 Å². The first-order valence-corrected chi connectivity index (χ1v) is 21.3. The van der Waals surface area contributed by atoms with Crippen LogP contribution in [0.1, 0.15) is 40.3 Å². The van der Waals surface area contributed by atoms with Gasteiger partial charge in [-0.1, -0.05) is 25.5 Å². The van der Waals surface area contributed by atoms with E-state index in [1.165, 1.54) is 19.4 Å². The molecule has 7 atom stereocenters. The molecule has 10 N–H and O–H groups in total. The Bertz CT molecular complexity index is 1760. The minimum atomic E-state index is -5.55. The number of nitrogen functional groups attached to an aromatic ring is 1. The number of hydrogen-bond acceptors (Lipinski definition) is 17. The molecule has 0 radical (unpaired) electrons. The third kappa shape index (κ3) is 13.7. The number of ether oxygens (including phenoxy) is 1. The molecule has 0 aromatic carbocycles. The minimum Gasteiger partial charge on any atom is -0.386 e. The number of amides is 2. The van der Waals surface area contributed by atoms with Gasteiger partial charge in [0.15, 0.2) is 17.7 Å². The third-order valence-electron chi connectivity index (χ3n) is 7.47. The summed E-state index contributed by atoms with van der Waals surface area (Å²) in [5, 5.41) is 26.5. The number of thioether (sulfide) groups is 1. The summed E-state index contributed by atoms with van der Waals surface area (Å²) in [6, 6.07) is 0. The molecular formula is C26H44N7O16P3S. The number of anilines is 1. The van der Waals surface area contributed by atoms with Gasteiger partial charge in [0.2, 0.25) is 11.8 Å². The number of hydrogen-bond donors (Lipinski definition) is 9. The number of fused-ring (bicyclic) bond motifs is 1. The molecule has 0 bridgehead atoms. The largest absolute Gasteiger partial charge is 0.481 e. The van der Waals surface area contributed by atoms with Crippen LogP contribution in [-0.4, -0.2) is 123 Å². The van der Waals surface area contributed by atoms with Gasteiger partial charge < -0.3 is 50.9 Å². The van der Waals surface area contributed by atoms with Crippen molar-refractivity contribution in [3.8, 4) is 0 Å². The summed E-state index contributed by atoms with van der Waals surface area (Å²) in [6.07, 6.45) is -4.72. The highest BCUT2D eigenvalue weighted by molar-refractivity contribution is 7.99. The summed E-state index contributed by atoms with van der Waals surface area (Å²) in [5.41, 5.74) is 5.53. The molecule has 300 valence electrons. The normalized spacial score (nSPS) is 22.6. The Balaban J connectivity index is 1.52. The maximum atomic E-state index is 12.7. The lowest BCUT2D eigenvalue weighted by atomic mass is 9.87. The fourth-order valence-electron chi connectivity index (χ4n) is 4.52. The number of aliphatic hydroxyl groups excluding tert-OH is 2. The third-order valence-corrected chi connectivity index (χ3v) is 11.7. The zero-order chi connectivity index (χ0) is 39.8. The monoisotopic (exact) mass is 835 g/mol. The van der Waals surface area contributed by atoms with E-state index >= 15 is 0 Å². The van der Waals surface area contributed by atoms with Gasteiger partial charge in [-0.25, -0.2) is 28.6 Å². The number of nitrogens with zero attached hydrogens (tertiary/aromatic N) is 4. The highest BCUT2D eigenvalue weighted by Crippen LogP contribution is 2.61. The molecule has 3 unspecified atom stereocenters. The molecule has 27 heteroatoms. The van der Waals surface area contributed by atoms with Gasteiger partial charge >= 0.3 is 23.5 Å². The number of aliphatic hydroxyl groups is 2. The molecule has 23 nitrogen and oxygen atoms in total. The Morgan fingerprint density at radius 2 is 1.79 bits per heavy atom. The van der Waals surface area contributed by atoms with E-state index in [-0.39, 0.29) is 35.9 Å². The molecule has 1 aliphatic rings. The minimum absolute atomic E-state index is 0.0350. The molecule has 1 aliphatic heterocycles. The smallest absolute Gasteiger partial charge is 0.386 e. The Hall–Kier alpha value is -2.37. The summed E-state index contributed by atoms with van der Waals surface area (Å²) in [7, 11) is -16.3. The first kappa shape index (κ1) is 45.0. The SMILES string of the molecule is C/C=C(\C)CSCCNC(=O)CCNC(=O)C(O)C(C)(C)COP(=O)(O)OP(=O)(O)OC[C@H]1O[C@@H](n2cnc3c(N)ncnc32)[C@H](O)[C@@H]1OP(=O)(O)O. The van der Waals surface area contributed by atoms with Crippen LogP contribution in [0.2, 0.25) is 0 Å². The molecule has 3 rings (SSSR count). The van der Waals surface area contributed by atoms with Crippen molar-refractivity contribution in [2.45, 2.75) is 64.8 Å². The summed E-state index contributed by atoms with van der Waals surface area (Å²) in [6.45, 7) is 4.82. The van der Waals surface area contributed by atoms with E-state index in [4.69, 9.17) is 19.5 Å². The highest BCUT2D eigenvalue weighted by Gasteiger charge is 2.50. The molecule has 53 heavy (non-hydrogen) atoms. The maximum absolute atomic E-state index is 12.7. The molecular weight excluding hydrogens is 791 g/mol. The molecule has 1 fully saturated rings. The van der Waals surface area contributed by atoms with E-state index in [1.807, 2.05) is 19.9 Å². The Kier molecular flexibility index (Phi) is 16.1. The van der Waals surface area contributed by atoms with Crippen LogP contribution >= 0.6 is 35.2 Å². The van der Waals surface area contributed by atoms with Crippen LogP contribution in [0.5, 0.6) is 0 Å². The topological polar surface area (TPSA) is 347 Å². The average Bonchev–Trinajstić information content (AvgIpc) is 3.62. The molecule has 0 spiro atoms. The van der Waals surface area contributed by atoms with E-state index in [1.54, 1.807) is 11.8 Å². The highest BCUT2D eigenvalue weighted by atomic mass is 32.2. The second-order valence-electron chi connectivity index (χ2n) is 12.3. The number of phosphoric acid groups is 3. The lowest BCUT2D eigenvalue weighted by molar-refractivity contribution is -0.137. The number of carbonyl (C=O) groups is 2. The van der Waals surface area contributed by atoms with Crippen molar-refractivity contribution in [1.82, 2.24) is 30.2 Å². The number of nitrogens with two attached hydrogens (primary N) is 1. The summed E-state index contributed by atoms with van der Waals surface area (Å²) < 4.78 is 62.1. The van der Waals surface area contributed by atoms with E-state index < -0.39 is 78.6 Å². The quantitative estimate of drug-likeness (QED) is 0.0457. The van der Waals surface area contributed by atoms with Gasteiger partial charge in [-0.3, -0.25) is 27.7 Å². The van der Waals surface area contributed by atoms with Crippen molar-refractivity contribution in [3.05, 3.63) is 24.3 Å². The van der Waals surface area contributed by atoms with E-state index in [0.717, 1.165) is 23.0 Å². The molecule has 0 aliphatic carbocycles. The number of carbonyl (C=O) groups excluding carboxylic acids is 2. The van der Waals surface area contributed by atoms with Crippen molar-refractivity contribution in [2.24, 2.45) is 5.41 Å². The second kappa shape index (κ2) is 19.0. The number of nitrogens with one attached hydrogen (secondary N) is 2. The van der Waals surface area contributed by atoms with Crippen LogP contribution in [0.4, 0.5) is 5.82 Å². The van der Waals surface area contributed by atoms with Gasteiger partial charge in [0.1, 0.15) is 36.3 Å². The van der Waals surface area contributed by atoms with Crippen LogP contribution in [0, 0.1) is 5.41 Å². The summed E-state index contributed by atoms with van der Waals surface area (Å²) in [5.74, 6) is 0.239. The van der Waals surface area contributed by atoms with Crippen molar-refractivity contribution < 1.29 is 75.7 Å². The predicted molar refractivity (Wildman–Crippen MR) is 186 cm³/mol. The standard InChI is InChI=1S/C26H44N7O16P3S/c1-5-15(2)11-53-9-8-28-17(34)6-7-29-24(37)21(36)26(3,4)12-46-52(43,44)49-51(41,42)45-10-16-20(48-50(38,39)40)19(35)25(47-16)33-14-32-18-22(27)30-13-31-23(18)33/h5,13-14,16,19-21,25,35-36H,6-12H2,1-4H3,(H,28,34)(H,29,37)(H,41,42)(H,43,44)(H2,27,30,31)(H2,38,39,40)/b15-5+/t16-,19-,20-,21?,25-/m1/s1. The fraction of sp³-hybridized carbons (Fsp3) is 0.654. The summed E-state index contributed by atoms with van der Waals surface area (Å²) >= 11 is 1.65. The maximum Gasteiger partial charge on any atom is 0.481 e. The van der Waals surface area contributed by atoms with Crippen molar-refractivity contribution >= 4 is 64.0 Å². The lowest BCUT2D eigenvalue weighted by Gasteiger charge is -2.30. The van der Waals surface area contributed by atoms with Crippen LogP contribution in [0.15, 0.2) is 24.3 Å². The zero-order valence-corrected chi connectivity index (χ0v) is 32.5. The molecule has 2 aromatic heterocycles. The predicted octanol–water partition coefficient (Wildman–Crippen LogP) is 0.104. The number of allylic oxidation sites excluding steroid dienone is 1. The Labute approximate surface area is 307 Å². The van der Waals surface area contributed by atoms with Gasteiger partial charge in [-0.05, 0) is 13.8 Å². The molecule has 3 heterocycles. The van der Waals surface area contributed by atoms with E-state index in [0.29, 0.717) is 12.3 Å². The number of aromatic nitrogens is 4. The second-order valence-corrected chi connectivity index (χ2v) is 17.6. The van der Waals surface area contributed by atoms with Crippen LogP contribution < -0.4 is 16.4 Å². The number of rotatable bonds is 21. The number of imidazole rings is 1. The van der Waals surface area contributed by atoms with Gasteiger partial charge in [0.25, 0.3) is 0 Å². The molecule has 1 saturated heterocycles. The van der Waals surface area contributed by atoms with Crippen molar-refractivity contribution in [1.29, 1.82) is 0 Å². The zero-order valence-electron chi connectivity index (χ0n) is 29.0. The van der Waals surface area contributed by atoms with E-state index in [9.17, 15) is 53.1 Å². The van der Waals surface area contributed by atoms with E-state index in [2.05, 4.69) is 34.4 Å². The van der Waals surface area contributed by atoms with Gasteiger partial charge in [-0.15, -0.1) is 0 Å². The molecule has 0 saturated carbocycles. The lowest BCUT2D eigenvalue weighted by Crippen LogP contribution is -2.46. The average molecular weight is 836 g/mol. The summed E-state index contributed by atoms with van der Waals surface area (Å²) in [4.78, 5) is 75.4. The Morgan fingerprint density at radius 3 is 2.45 bits per heavy atom.